The fourth-order valence-electron chi connectivity index (χ4n) is 5.28. The van der Waals surface area contributed by atoms with E-state index >= 15 is 0 Å². The van der Waals surface area contributed by atoms with Crippen LogP contribution in [0.5, 0.6) is 0 Å². The molecule has 186 valence electrons. The maximum absolute atomic E-state index is 13.6. The standard InChI is InChI=1S/C29H37N3O3/c1-22-10-6-7-13-25(22)28(34)30-27(29(35)32-18-8-3-9-19-32)24-16-20-31(21-17-24)26(33)15-14-23-11-4-2-5-12-23/h2,4-7,10-13,24,27H,3,8-9,14-21H2,1H3,(H,30,34)/t27-/m1/s1. The van der Waals surface area contributed by atoms with Crippen molar-refractivity contribution in [1.29, 1.82) is 0 Å². The number of aryl methyl sites for hydroxylation is 2. The van der Waals surface area contributed by atoms with Crippen molar-refractivity contribution in [1.82, 2.24) is 15.1 Å². The topological polar surface area (TPSA) is 69.7 Å². The first-order valence-electron chi connectivity index (χ1n) is 13.0. The third-order valence-electron chi connectivity index (χ3n) is 7.44. The van der Waals surface area contributed by atoms with Crippen LogP contribution < -0.4 is 5.32 Å². The third kappa shape index (κ3) is 6.50. The number of carbonyl (C=O) groups is 3. The van der Waals surface area contributed by atoms with E-state index in [0.717, 1.165) is 57.2 Å². The zero-order valence-corrected chi connectivity index (χ0v) is 20.7. The summed E-state index contributed by atoms with van der Waals surface area (Å²) >= 11 is 0. The van der Waals surface area contributed by atoms with Crippen LogP contribution in [-0.2, 0) is 16.0 Å². The lowest BCUT2D eigenvalue weighted by molar-refractivity contribution is -0.137. The van der Waals surface area contributed by atoms with Crippen LogP contribution in [-0.4, -0.2) is 59.7 Å². The van der Waals surface area contributed by atoms with Crippen molar-refractivity contribution >= 4 is 17.7 Å². The Morgan fingerprint density at radius 1 is 0.857 bits per heavy atom. The molecule has 0 radical (unpaired) electrons. The molecule has 2 heterocycles. The Bertz CT molecular complexity index is 1010. The first kappa shape index (κ1) is 25.0. The number of hydrogen-bond donors (Lipinski definition) is 1. The highest BCUT2D eigenvalue weighted by molar-refractivity contribution is 5.98. The Morgan fingerprint density at radius 2 is 1.51 bits per heavy atom. The van der Waals surface area contributed by atoms with Crippen LogP contribution >= 0.6 is 0 Å². The first-order valence-corrected chi connectivity index (χ1v) is 13.0. The number of piperidine rings is 2. The molecule has 6 nitrogen and oxygen atoms in total. The molecular weight excluding hydrogens is 438 g/mol. The van der Waals surface area contributed by atoms with Gasteiger partial charge in [-0.15, -0.1) is 0 Å². The number of hydrogen-bond acceptors (Lipinski definition) is 3. The van der Waals surface area contributed by atoms with Crippen molar-refractivity contribution in [2.45, 2.75) is 57.9 Å². The van der Waals surface area contributed by atoms with Crippen molar-refractivity contribution in [3.05, 3.63) is 71.3 Å². The minimum absolute atomic E-state index is 0.0237. The quantitative estimate of drug-likeness (QED) is 0.659. The van der Waals surface area contributed by atoms with Gasteiger partial charge in [-0.2, -0.15) is 0 Å². The molecule has 3 amide bonds. The van der Waals surface area contributed by atoms with Gasteiger partial charge in [0, 0.05) is 38.2 Å². The lowest BCUT2D eigenvalue weighted by atomic mass is 9.87. The predicted molar refractivity (Wildman–Crippen MR) is 137 cm³/mol. The van der Waals surface area contributed by atoms with Gasteiger partial charge in [0.1, 0.15) is 6.04 Å². The Hall–Kier alpha value is -3.15. The molecule has 0 bridgehead atoms. The van der Waals surface area contributed by atoms with E-state index in [2.05, 4.69) is 5.32 Å². The Morgan fingerprint density at radius 3 is 2.20 bits per heavy atom. The number of carbonyl (C=O) groups excluding carboxylic acids is 3. The normalized spacial score (nSPS) is 17.6. The van der Waals surface area contributed by atoms with Crippen molar-refractivity contribution in [2.75, 3.05) is 26.2 Å². The largest absolute Gasteiger partial charge is 0.343 e. The van der Waals surface area contributed by atoms with E-state index in [1.807, 2.05) is 65.3 Å². The minimum Gasteiger partial charge on any atom is -0.343 e. The number of benzene rings is 2. The lowest BCUT2D eigenvalue weighted by Crippen LogP contribution is -2.55. The average Bonchev–Trinajstić information content (AvgIpc) is 2.91. The fraction of sp³-hybridized carbons (Fsp3) is 0.483. The van der Waals surface area contributed by atoms with Crippen LogP contribution in [0.4, 0.5) is 0 Å². The van der Waals surface area contributed by atoms with Gasteiger partial charge in [-0.25, -0.2) is 0 Å². The number of nitrogens with one attached hydrogen (secondary N) is 1. The van der Waals surface area contributed by atoms with E-state index in [-0.39, 0.29) is 23.6 Å². The van der Waals surface area contributed by atoms with Gasteiger partial charge in [-0.3, -0.25) is 14.4 Å². The minimum atomic E-state index is -0.554. The first-order chi connectivity index (χ1) is 17.0. The molecule has 0 spiro atoms. The molecule has 0 aromatic heterocycles. The Labute approximate surface area is 208 Å². The highest BCUT2D eigenvalue weighted by atomic mass is 16.2. The summed E-state index contributed by atoms with van der Waals surface area (Å²) in [4.78, 5) is 43.4. The Kier molecular flexibility index (Phi) is 8.56. The summed E-state index contributed by atoms with van der Waals surface area (Å²) in [6, 6.07) is 17.0. The number of likely N-dealkylation sites (tertiary alicyclic amines) is 2. The van der Waals surface area contributed by atoms with Crippen molar-refractivity contribution in [3.8, 4) is 0 Å². The van der Waals surface area contributed by atoms with Crippen LogP contribution in [0.3, 0.4) is 0 Å². The molecule has 0 unspecified atom stereocenters. The zero-order valence-electron chi connectivity index (χ0n) is 20.7. The van der Waals surface area contributed by atoms with Gasteiger partial charge in [0.2, 0.25) is 11.8 Å². The second-order valence-corrected chi connectivity index (χ2v) is 9.86. The Balaban J connectivity index is 1.39. The van der Waals surface area contributed by atoms with Crippen molar-refractivity contribution < 1.29 is 14.4 Å². The number of nitrogens with zero attached hydrogens (tertiary/aromatic N) is 2. The van der Waals surface area contributed by atoms with Crippen molar-refractivity contribution in [3.63, 3.8) is 0 Å². The molecule has 35 heavy (non-hydrogen) atoms. The number of rotatable bonds is 7. The molecule has 0 aliphatic carbocycles. The van der Waals surface area contributed by atoms with Gasteiger partial charge in [0.15, 0.2) is 0 Å². The van der Waals surface area contributed by atoms with E-state index in [4.69, 9.17) is 0 Å². The summed E-state index contributed by atoms with van der Waals surface area (Å²) in [5, 5.41) is 3.10. The molecule has 4 rings (SSSR count). The van der Waals surface area contributed by atoms with Gasteiger partial charge < -0.3 is 15.1 Å². The summed E-state index contributed by atoms with van der Waals surface area (Å²) in [6.45, 7) is 4.68. The van der Waals surface area contributed by atoms with Crippen molar-refractivity contribution in [2.24, 2.45) is 5.92 Å². The van der Waals surface area contributed by atoms with Crippen LogP contribution in [0.2, 0.25) is 0 Å². The highest BCUT2D eigenvalue weighted by Gasteiger charge is 2.36. The third-order valence-corrected chi connectivity index (χ3v) is 7.44. The second kappa shape index (κ2) is 12.0. The zero-order chi connectivity index (χ0) is 24.6. The predicted octanol–water partition coefficient (Wildman–Crippen LogP) is 3.98. The molecular formula is C29H37N3O3. The summed E-state index contributed by atoms with van der Waals surface area (Å²) < 4.78 is 0. The average molecular weight is 476 g/mol. The van der Waals surface area contributed by atoms with E-state index in [1.165, 1.54) is 5.56 Å². The SMILES string of the molecule is Cc1ccccc1C(=O)N[C@@H](C(=O)N1CCCCC1)C1CCN(C(=O)CCc2ccccc2)CC1. The van der Waals surface area contributed by atoms with E-state index in [9.17, 15) is 14.4 Å². The highest BCUT2D eigenvalue weighted by Crippen LogP contribution is 2.25. The monoisotopic (exact) mass is 475 g/mol. The van der Waals surface area contributed by atoms with Gasteiger partial charge in [0.05, 0.1) is 0 Å². The number of amides is 3. The van der Waals surface area contributed by atoms with Gasteiger partial charge in [-0.1, -0.05) is 48.5 Å². The summed E-state index contributed by atoms with van der Waals surface area (Å²) in [5.41, 5.74) is 2.67. The molecule has 1 atom stereocenters. The smallest absolute Gasteiger partial charge is 0.252 e. The molecule has 2 aliphatic rings. The van der Waals surface area contributed by atoms with Crippen LogP contribution in [0, 0.1) is 12.8 Å². The molecule has 1 N–H and O–H groups in total. The van der Waals surface area contributed by atoms with Gasteiger partial charge in [-0.05, 0) is 68.6 Å². The van der Waals surface area contributed by atoms with Crippen LogP contribution in [0.15, 0.2) is 54.6 Å². The lowest BCUT2D eigenvalue weighted by Gasteiger charge is -2.38. The summed E-state index contributed by atoms with van der Waals surface area (Å²) in [7, 11) is 0. The summed E-state index contributed by atoms with van der Waals surface area (Å²) in [6.07, 6.45) is 5.84. The fourth-order valence-corrected chi connectivity index (χ4v) is 5.28. The van der Waals surface area contributed by atoms with E-state index < -0.39 is 6.04 Å². The maximum atomic E-state index is 13.6. The van der Waals surface area contributed by atoms with Gasteiger partial charge in [0.25, 0.3) is 5.91 Å². The molecule has 2 aliphatic heterocycles. The molecule has 6 heteroatoms. The molecule has 0 saturated carbocycles. The van der Waals surface area contributed by atoms with Gasteiger partial charge >= 0.3 is 0 Å². The van der Waals surface area contributed by atoms with E-state index in [1.54, 1.807) is 6.07 Å². The van der Waals surface area contributed by atoms with Crippen LogP contribution in [0.1, 0.15) is 60.0 Å². The summed E-state index contributed by atoms with van der Waals surface area (Å²) in [5.74, 6) is 0.0195. The second-order valence-electron chi connectivity index (χ2n) is 9.86. The van der Waals surface area contributed by atoms with Crippen LogP contribution in [0.25, 0.3) is 0 Å². The van der Waals surface area contributed by atoms with E-state index in [0.29, 0.717) is 25.1 Å². The molecule has 2 fully saturated rings. The molecule has 2 aromatic carbocycles. The molecule has 2 aromatic rings. The molecule has 2 saturated heterocycles. The maximum Gasteiger partial charge on any atom is 0.252 e.